The molecule has 4 heterocycles. The second-order valence-electron chi connectivity index (χ2n) is 10.5. The molecular weight excluding hydrogens is 480 g/mol. The molecule has 0 bridgehead atoms. The summed E-state index contributed by atoms with van der Waals surface area (Å²) in [5.74, 6) is -0.282. The first-order chi connectivity index (χ1) is 18.4. The molecule has 3 aliphatic rings. The molecular formula is C29H22N6O3. The van der Waals surface area contributed by atoms with Crippen LogP contribution in [-0.2, 0) is 5.41 Å². The zero-order valence-corrected chi connectivity index (χ0v) is 20.4. The lowest BCUT2D eigenvalue weighted by molar-refractivity contribution is 0.0806. The first-order valence-corrected chi connectivity index (χ1v) is 12.6. The van der Waals surface area contributed by atoms with E-state index in [1.165, 1.54) is 0 Å². The zero-order valence-electron chi connectivity index (χ0n) is 20.4. The van der Waals surface area contributed by atoms with Gasteiger partial charge in [0.25, 0.3) is 11.8 Å². The number of aromatic nitrogens is 4. The van der Waals surface area contributed by atoms with E-state index >= 15 is 0 Å². The lowest BCUT2D eigenvalue weighted by Gasteiger charge is -2.27. The van der Waals surface area contributed by atoms with Crippen LogP contribution in [0, 0.1) is 12.8 Å². The van der Waals surface area contributed by atoms with Gasteiger partial charge in [-0.1, -0.05) is 18.2 Å². The summed E-state index contributed by atoms with van der Waals surface area (Å²) < 4.78 is 0. The first-order valence-electron chi connectivity index (χ1n) is 12.6. The molecule has 9 nitrogen and oxygen atoms in total. The van der Waals surface area contributed by atoms with Crippen molar-refractivity contribution in [2.75, 3.05) is 11.9 Å². The molecule has 2 unspecified atom stereocenters. The number of likely N-dealkylation sites (tertiary alicyclic amines) is 1. The molecule has 3 aromatic heterocycles. The first kappa shape index (κ1) is 21.2. The third-order valence-corrected chi connectivity index (χ3v) is 8.28. The molecule has 2 amide bonds. The van der Waals surface area contributed by atoms with Crippen molar-refractivity contribution in [3.05, 3.63) is 94.7 Å². The van der Waals surface area contributed by atoms with Gasteiger partial charge in [0.05, 0.1) is 0 Å². The van der Waals surface area contributed by atoms with Gasteiger partial charge in [-0.25, -0.2) is 0 Å². The number of allylic oxidation sites excluding steroid dienone is 2. The van der Waals surface area contributed by atoms with Gasteiger partial charge < -0.3 is 20.2 Å². The van der Waals surface area contributed by atoms with Crippen LogP contribution in [0.2, 0.25) is 0 Å². The molecule has 2 aliphatic carbocycles. The average Bonchev–Trinajstić information content (AvgIpc) is 3.37. The van der Waals surface area contributed by atoms with Crippen molar-refractivity contribution in [3.8, 4) is 0 Å². The largest absolute Gasteiger partial charge is 0.351 e. The smallest absolute Gasteiger partial charge is 0.274 e. The minimum absolute atomic E-state index is 0.165. The normalized spacial score (nSPS) is 21.3. The minimum atomic E-state index is -0.290. The lowest BCUT2D eigenvalue weighted by atomic mass is 9.84. The predicted octanol–water partition coefficient (Wildman–Crippen LogP) is 4.43. The van der Waals surface area contributed by atoms with Crippen molar-refractivity contribution in [1.82, 2.24) is 25.1 Å². The van der Waals surface area contributed by atoms with Gasteiger partial charge in [0.15, 0.2) is 0 Å². The number of carbonyl (C=O) groups excluding carboxylic acids is 3. The number of para-hydroxylation sites is 1. The number of aryl methyl sites for hydroxylation is 1. The SMILES string of the molecule is Cc1[nH]nc2c1C13CC1CN(C(=O)c1cc4cc(NC(=O)c5cc6ccccc6[nH]5)ccc4[nH]1)C3=CC2=O. The Labute approximate surface area is 215 Å². The fourth-order valence-electron chi connectivity index (χ4n) is 6.47. The summed E-state index contributed by atoms with van der Waals surface area (Å²) in [5.41, 5.74) is 6.05. The van der Waals surface area contributed by atoms with Crippen LogP contribution in [0.1, 0.15) is 49.1 Å². The van der Waals surface area contributed by atoms with Crippen LogP contribution in [0.5, 0.6) is 0 Å². The summed E-state index contributed by atoms with van der Waals surface area (Å²) in [6.45, 7) is 2.51. The summed E-state index contributed by atoms with van der Waals surface area (Å²) in [6.07, 6.45) is 2.52. The van der Waals surface area contributed by atoms with E-state index < -0.39 is 0 Å². The molecule has 9 heteroatoms. The second-order valence-corrected chi connectivity index (χ2v) is 10.5. The number of rotatable bonds is 3. The van der Waals surface area contributed by atoms with Crippen molar-refractivity contribution in [2.24, 2.45) is 5.92 Å². The summed E-state index contributed by atoms with van der Waals surface area (Å²) in [5, 5.41) is 11.9. The Morgan fingerprint density at radius 3 is 2.68 bits per heavy atom. The third-order valence-electron chi connectivity index (χ3n) is 8.28. The molecule has 1 aliphatic heterocycles. The van der Waals surface area contributed by atoms with Crippen LogP contribution in [0.3, 0.4) is 0 Å². The maximum Gasteiger partial charge on any atom is 0.274 e. The van der Waals surface area contributed by atoms with Gasteiger partial charge >= 0.3 is 0 Å². The maximum absolute atomic E-state index is 13.7. The number of benzene rings is 2. The van der Waals surface area contributed by atoms with Gasteiger partial charge in [-0.05, 0) is 55.7 Å². The van der Waals surface area contributed by atoms with Crippen LogP contribution in [0.25, 0.3) is 21.8 Å². The van der Waals surface area contributed by atoms with Crippen molar-refractivity contribution < 1.29 is 14.4 Å². The van der Waals surface area contributed by atoms with Gasteiger partial charge in [-0.3, -0.25) is 19.5 Å². The predicted molar refractivity (Wildman–Crippen MR) is 141 cm³/mol. The number of carbonyl (C=O) groups is 3. The standard InChI is InChI=1S/C29H22N6O3/c1-14-25-26(34-33-14)23(36)11-24-29(25)12-17(29)13-35(24)28(38)22-10-16-8-18(6-7-20(16)32-22)30-27(37)21-9-15-4-2-3-5-19(15)31-21/h2-11,17,31-32H,12-13H2,1H3,(H,30,37)(H,33,34). The minimum Gasteiger partial charge on any atom is -0.351 e. The Morgan fingerprint density at radius 1 is 1.03 bits per heavy atom. The highest BCUT2D eigenvalue weighted by Crippen LogP contribution is 2.67. The highest BCUT2D eigenvalue weighted by molar-refractivity contribution is 6.10. The molecule has 2 atom stereocenters. The molecule has 38 heavy (non-hydrogen) atoms. The highest BCUT2D eigenvalue weighted by atomic mass is 16.2. The average molecular weight is 503 g/mol. The van der Waals surface area contributed by atoms with Crippen molar-refractivity contribution in [3.63, 3.8) is 0 Å². The molecule has 0 radical (unpaired) electrons. The number of hydrogen-bond acceptors (Lipinski definition) is 4. The number of aromatic amines is 3. The van der Waals surface area contributed by atoms with Crippen molar-refractivity contribution in [1.29, 1.82) is 0 Å². The van der Waals surface area contributed by atoms with Gasteiger partial charge in [0.2, 0.25) is 5.78 Å². The maximum atomic E-state index is 13.7. The van der Waals surface area contributed by atoms with Crippen LogP contribution in [0.4, 0.5) is 5.69 Å². The van der Waals surface area contributed by atoms with E-state index in [0.717, 1.165) is 45.2 Å². The fraction of sp³-hybridized carbons (Fsp3) is 0.172. The van der Waals surface area contributed by atoms with Crippen LogP contribution in [-0.4, -0.2) is 49.2 Å². The number of nitrogens with one attached hydrogen (secondary N) is 4. The van der Waals surface area contributed by atoms with Crippen LogP contribution >= 0.6 is 0 Å². The van der Waals surface area contributed by atoms with E-state index in [1.54, 1.807) is 23.1 Å². The number of ketones is 1. The Kier molecular flexibility index (Phi) is 3.96. The van der Waals surface area contributed by atoms with Gasteiger partial charge in [-0.2, -0.15) is 5.10 Å². The molecule has 1 saturated carbocycles. The van der Waals surface area contributed by atoms with E-state index in [4.69, 9.17) is 0 Å². The number of H-pyrrole nitrogens is 3. The summed E-state index contributed by atoms with van der Waals surface area (Å²) in [6, 6.07) is 16.8. The van der Waals surface area contributed by atoms with Gasteiger partial charge in [0.1, 0.15) is 17.1 Å². The molecule has 5 aromatic rings. The van der Waals surface area contributed by atoms with Crippen LogP contribution < -0.4 is 5.32 Å². The molecule has 2 fully saturated rings. The Balaban J connectivity index is 1.07. The molecule has 4 N–H and O–H groups in total. The lowest BCUT2D eigenvalue weighted by Crippen LogP contribution is -2.34. The topological polar surface area (TPSA) is 127 Å². The molecule has 186 valence electrons. The number of anilines is 1. The fourth-order valence-corrected chi connectivity index (χ4v) is 6.47. The summed E-state index contributed by atoms with van der Waals surface area (Å²) >= 11 is 0. The number of nitrogens with zero attached hydrogens (tertiary/aromatic N) is 2. The van der Waals surface area contributed by atoms with Gasteiger partial charge in [0, 0.05) is 62.5 Å². The van der Waals surface area contributed by atoms with E-state index in [-0.39, 0.29) is 28.9 Å². The Hall–Kier alpha value is -4.92. The number of amides is 2. The van der Waals surface area contributed by atoms with E-state index in [9.17, 15) is 14.4 Å². The number of piperidine rings is 1. The summed E-state index contributed by atoms with van der Waals surface area (Å²) in [4.78, 5) is 47.4. The highest BCUT2D eigenvalue weighted by Gasteiger charge is 2.68. The van der Waals surface area contributed by atoms with E-state index in [1.807, 2.05) is 49.4 Å². The van der Waals surface area contributed by atoms with E-state index in [0.29, 0.717) is 29.3 Å². The Morgan fingerprint density at radius 2 is 1.82 bits per heavy atom. The molecule has 1 spiro atoms. The molecule has 2 aromatic carbocycles. The van der Waals surface area contributed by atoms with Crippen molar-refractivity contribution >= 4 is 45.1 Å². The summed E-state index contributed by atoms with van der Waals surface area (Å²) in [7, 11) is 0. The quantitative estimate of drug-likeness (QED) is 0.291. The van der Waals surface area contributed by atoms with Gasteiger partial charge in [-0.15, -0.1) is 0 Å². The molecule has 8 rings (SSSR count). The number of fused-ring (bicyclic) bond motifs is 3. The van der Waals surface area contributed by atoms with Crippen molar-refractivity contribution in [2.45, 2.75) is 18.8 Å². The molecule has 1 saturated heterocycles. The van der Waals surface area contributed by atoms with E-state index in [2.05, 4.69) is 25.5 Å². The van der Waals surface area contributed by atoms with Crippen LogP contribution in [0.15, 0.2) is 66.4 Å². The Bertz CT molecular complexity index is 1870. The number of hydrogen-bond donors (Lipinski definition) is 4. The monoisotopic (exact) mass is 502 g/mol. The zero-order chi connectivity index (χ0) is 25.8. The third kappa shape index (κ3) is 2.75. The second kappa shape index (κ2) is 7.10.